The molecule has 1 aromatic heterocycles. The number of aliphatic hydroxyl groups excluding tert-OH is 1. The summed E-state index contributed by atoms with van der Waals surface area (Å²) in [7, 11) is 0. The number of amides is 1. The van der Waals surface area contributed by atoms with E-state index < -0.39 is 6.10 Å². The molecule has 6 heteroatoms. The summed E-state index contributed by atoms with van der Waals surface area (Å²) in [6.45, 7) is 7.11. The molecular weight excluding hydrogens is 294 g/mol. The van der Waals surface area contributed by atoms with Crippen molar-refractivity contribution in [3.63, 3.8) is 0 Å². The molecule has 1 amide bonds. The van der Waals surface area contributed by atoms with Gasteiger partial charge in [-0.05, 0) is 17.5 Å². The Morgan fingerprint density at radius 1 is 1.39 bits per heavy atom. The van der Waals surface area contributed by atoms with E-state index >= 15 is 0 Å². The van der Waals surface area contributed by atoms with Crippen LogP contribution in [0, 0.1) is 5.41 Å². The number of carbonyl (C=O) groups is 1. The number of aliphatic hydroxyl groups is 1. The zero-order valence-corrected chi connectivity index (χ0v) is 13.6. The lowest BCUT2D eigenvalue weighted by molar-refractivity contribution is 0.00590. The zero-order valence-electron chi connectivity index (χ0n) is 13.6. The summed E-state index contributed by atoms with van der Waals surface area (Å²) in [4.78, 5) is 18.3. The minimum Gasteiger partial charge on any atom is -0.389 e. The van der Waals surface area contributed by atoms with E-state index in [1.807, 2.05) is 6.07 Å². The van der Waals surface area contributed by atoms with Gasteiger partial charge >= 0.3 is 0 Å². The van der Waals surface area contributed by atoms with Crippen molar-refractivity contribution < 1.29 is 14.4 Å². The van der Waals surface area contributed by atoms with Gasteiger partial charge in [-0.2, -0.15) is 4.98 Å². The van der Waals surface area contributed by atoms with E-state index in [2.05, 4.69) is 30.9 Å². The van der Waals surface area contributed by atoms with Crippen LogP contribution in [0.4, 0.5) is 0 Å². The van der Waals surface area contributed by atoms with Crippen LogP contribution in [0.15, 0.2) is 28.8 Å². The molecule has 0 atom stereocenters. The summed E-state index contributed by atoms with van der Waals surface area (Å²) in [5.41, 5.74) is 1.39. The first-order valence-electron chi connectivity index (χ1n) is 7.72. The third kappa shape index (κ3) is 3.59. The smallest absolute Gasteiger partial charge is 0.254 e. The summed E-state index contributed by atoms with van der Waals surface area (Å²) in [6, 6.07) is 7.18. The minimum atomic E-state index is -0.403. The van der Waals surface area contributed by atoms with Gasteiger partial charge < -0.3 is 14.5 Å². The molecule has 6 nitrogen and oxygen atoms in total. The van der Waals surface area contributed by atoms with Crippen molar-refractivity contribution in [2.75, 3.05) is 13.1 Å². The van der Waals surface area contributed by atoms with E-state index in [-0.39, 0.29) is 11.3 Å². The number of benzene rings is 1. The zero-order chi connectivity index (χ0) is 16.6. The molecule has 2 heterocycles. The predicted octanol–water partition coefficient (Wildman–Crippen LogP) is 2.14. The molecule has 0 unspecified atom stereocenters. The fourth-order valence-corrected chi connectivity index (χ4v) is 2.49. The quantitative estimate of drug-likeness (QED) is 0.938. The molecule has 1 aliphatic rings. The van der Waals surface area contributed by atoms with E-state index in [9.17, 15) is 9.90 Å². The molecule has 0 aliphatic carbocycles. The van der Waals surface area contributed by atoms with Crippen LogP contribution in [0.2, 0.25) is 0 Å². The Labute approximate surface area is 135 Å². The number of β-amino-alcohol motifs (C(OH)–C–C–N with tert-alkyl or cyclic N) is 1. The molecule has 3 rings (SSSR count). The van der Waals surface area contributed by atoms with Crippen LogP contribution in [-0.4, -0.2) is 45.2 Å². The molecule has 0 radical (unpaired) electrons. The van der Waals surface area contributed by atoms with E-state index in [0.29, 0.717) is 36.8 Å². The molecule has 1 N–H and O–H groups in total. The van der Waals surface area contributed by atoms with Gasteiger partial charge in [0.1, 0.15) is 0 Å². The molecule has 1 aromatic carbocycles. The standard InChI is InChI=1S/C17H21N3O3/c1-17(2,3)8-14-18-15(19-23-14)11-5-4-6-12(7-11)16(22)20-9-13(21)10-20/h4-7,13,21H,8-10H2,1-3H3. The lowest BCUT2D eigenvalue weighted by Gasteiger charge is -2.35. The Morgan fingerprint density at radius 3 is 2.78 bits per heavy atom. The molecule has 0 saturated carbocycles. The van der Waals surface area contributed by atoms with Gasteiger partial charge in [-0.15, -0.1) is 0 Å². The van der Waals surface area contributed by atoms with Gasteiger partial charge in [0.05, 0.1) is 6.10 Å². The lowest BCUT2D eigenvalue weighted by Crippen LogP contribution is -2.53. The van der Waals surface area contributed by atoms with Gasteiger partial charge in [0.25, 0.3) is 5.91 Å². The second-order valence-electron chi connectivity index (χ2n) is 7.19. The van der Waals surface area contributed by atoms with Gasteiger partial charge in [-0.1, -0.05) is 38.1 Å². The minimum absolute atomic E-state index is 0.0694. The van der Waals surface area contributed by atoms with Gasteiger partial charge in [0.2, 0.25) is 11.7 Å². The lowest BCUT2D eigenvalue weighted by atomic mass is 9.92. The highest BCUT2D eigenvalue weighted by molar-refractivity contribution is 5.95. The highest BCUT2D eigenvalue weighted by atomic mass is 16.5. The highest BCUT2D eigenvalue weighted by Gasteiger charge is 2.29. The maximum absolute atomic E-state index is 12.3. The van der Waals surface area contributed by atoms with Crippen molar-refractivity contribution in [1.29, 1.82) is 0 Å². The van der Waals surface area contributed by atoms with E-state index in [4.69, 9.17) is 4.52 Å². The van der Waals surface area contributed by atoms with E-state index in [1.165, 1.54) is 0 Å². The molecule has 1 fully saturated rings. The van der Waals surface area contributed by atoms with Crippen LogP contribution in [0.5, 0.6) is 0 Å². The maximum Gasteiger partial charge on any atom is 0.254 e. The Kier molecular flexibility index (Phi) is 3.93. The number of hydrogen-bond acceptors (Lipinski definition) is 5. The van der Waals surface area contributed by atoms with Crippen LogP contribution >= 0.6 is 0 Å². The number of nitrogens with zero attached hydrogens (tertiary/aromatic N) is 3. The van der Waals surface area contributed by atoms with Crippen LogP contribution in [-0.2, 0) is 6.42 Å². The first kappa shape index (κ1) is 15.7. The van der Waals surface area contributed by atoms with Crippen molar-refractivity contribution in [2.45, 2.75) is 33.3 Å². The van der Waals surface area contributed by atoms with Crippen molar-refractivity contribution in [3.05, 3.63) is 35.7 Å². The summed E-state index contributed by atoms with van der Waals surface area (Å²) in [5.74, 6) is 0.994. The summed E-state index contributed by atoms with van der Waals surface area (Å²) in [5, 5.41) is 13.3. The second kappa shape index (κ2) is 5.77. The maximum atomic E-state index is 12.3. The van der Waals surface area contributed by atoms with Gasteiger partial charge in [-0.25, -0.2) is 0 Å². The van der Waals surface area contributed by atoms with Crippen molar-refractivity contribution in [3.8, 4) is 11.4 Å². The van der Waals surface area contributed by atoms with Gasteiger partial charge in [0.15, 0.2) is 0 Å². The Bertz CT molecular complexity index is 712. The summed E-state index contributed by atoms with van der Waals surface area (Å²) < 4.78 is 5.30. The third-order valence-electron chi connectivity index (χ3n) is 3.67. The average Bonchev–Trinajstić information content (AvgIpc) is 2.90. The molecule has 0 spiro atoms. The molecule has 2 aromatic rings. The number of aromatic nitrogens is 2. The summed E-state index contributed by atoms with van der Waals surface area (Å²) >= 11 is 0. The Hall–Kier alpha value is -2.21. The second-order valence-corrected chi connectivity index (χ2v) is 7.19. The molecule has 23 heavy (non-hydrogen) atoms. The monoisotopic (exact) mass is 315 g/mol. The average molecular weight is 315 g/mol. The van der Waals surface area contributed by atoms with Gasteiger partial charge in [0, 0.05) is 30.6 Å². The Balaban J connectivity index is 1.78. The molecule has 1 aliphatic heterocycles. The van der Waals surface area contributed by atoms with Crippen molar-refractivity contribution >= 4 is 5.91 Å². The van der Waals surface area contributed by atoms with Crippen LogP contribution in [0.25, 0.3) is 11.4 Å². The van der Waals surface area contributed by atoms with Gasteiger partial charge in [-0.3, -0.25) is 4.79 Å². The first-order chi connectivity index (χ1) is 10.8. The topological polar surface area (TPSA) is 79.5 Å². The normalized spacial score (nSPS) is 15.6. The predicted molar refractivity (Wildman–Crippen MR) is 84.8 cm³/mol. The SMILES string of the molecule is CC(C)(C)Cc1nc(-c2cccc(C(=O)N3CC(O)C3)c2)no1. The molecule has 1 saturated heterocycles. The van der Waals surface area contributed by atoms with Crippen LogP contribution < -0.4 is 0 Å². The molecule has 122 valence electrons. The van der Waals surface area contributed by atoms with Crippen molar-refractivity contribution in [2.24, 2.45) is 5.41 Å². The largest absolute Gasteiger partial charge is 0.389 e. The number of likely N-dealkylation sites (tertiary alicyclic amines) is 1. The van der Waals surface area contributed by atoms with Crippen LogP contribution in [0.1, 0.15) is 37.0 Å². The highest BCUT2D eigenvalue weighted by Crippen LogP contribution is 2.23. The number of rotatable bonds is 3. The number of hydrogen-bond donors (Lipinski definition) is 1. The van der Waals surface area contributed by atoms with Crippen LogP contribution in [0.3, 0.4) is 0 Å². The van der Waals surface area contributed by atoms with E-state index in [0.717, 1.165) is 5.56 Å². The van der Waals surface area contributed by atoms with Crippen molar-refractivity contribution in [1.82, 2.24) is 15.0 Å². The Morgan fingerprint density at radius 2 is 2.13 bits per heavy atom. The van der Waals surface area contributed by atoms with E-state index in [1.54, 1.807) is 23.1 Å². The molecular formula is C17H21N3O3. The first-order valence-corrected chi connectivity index (χ1v) is 7.72. The fourth-order valence-electron chi connectivity index (χ4n) is 2.49. The molecule has 0 bridgehead atoms. The number of carbonyl (C=O) groups excluding carboxylic acids is 1. The fraction of sp³-hybridized carbons (Fsp3) is 0.471. The summed E-state index contributed by atoms with van der Waals surface area (Å²) in [6.07, 6.45) is 0.295. The third-order valence-corrected chi connectivity index (χ3v) is 3.67.